The second-order valence-corrected chi connectivity index (χ2v) is 6.99. The van der Waals surface area contributed by atoms with Crippen molar-refractivity contribution in [3.63, 3.8) is 0 Å². The zero-order valence-electron chi connectivity index (χ0n) is 12.9. The molecule has 1 aromatic carbocycles. The Morgan fingerprint density at radius 3 is 2.63 bits per heavy atom. The molecule has 0 aliphatic carbocycles. The molecule has 1 fully saturated rings. The number of hydrogen-bond donors (Lipinski definition) is 1. The van der Waals surface area contributed by atoms with Crippen molar-refractivity contribution >= 4 is 5.69 Å². The highest BCUT2D eigenvalue weighted by Crippen LogP contribution is 2.33. The van der Waals surface area contributed by atoms with Gasteiger partial charge in [0.2, 0.25) is 0 Å². The van der Waals surface area contributed by atoms with Gasteiger partial charge in [0.05, 0.1) is 0 Å². The molecular weight excluding hydrogens is 232 g/mol. The number of benzene rings is 1. The van der Waals surface area contributed by atoms with Crippen molar-refractivity contribution in [1.82, 2.24) is 5.32 Å². The number of rotatable bonds is 5. The van der Waals surface area contributed by atoms with Crippen LogP contribution >= 0.6 is 0 Å². The summed E-state index contributed by atoms with van der Waals surface area (Å²) in [6, 6.07) is 8.84. The van der Waals surface area contributed by atoms with Crippen molar-refractivity contribution in [2.45, 2.75) is 40.7 Å². The number of hydrogen-bond acceptors (Lipinski definition) is 2. The van der Waals surface area contributed by atoms with E-state index in [1.807, 2.05) is 0 Å². The second-order valence-electron chi connectivity index (χ2n) is 6.99. The first-order valence-electron chi connectivity index (χ1n) is 7.51. The van der Waals surface area contributed by atoms with Gasteiger partial charge in [0.15, 0.2) is 0 Å². The molecule has 19 heavy (non-hydrogen) atoms. The Balaban J connectivity index is 2.04. The monoisotopic (exact) mass is 260 g/mol. The Morgan fingerprint density at radius 1 is 1.26 bits per heavy atom. The number of nitrogens with zero attached hydrogens (tertiary/aromatic N) is 1. The molecule has 1 saturated heterocycles. The van der Waals surface area contributed by atoms with Crippen LogP contribution in [0, 0.1) is 11.3 Å². The van der Waals surface area contributed by atoms with Crippen molar-refractivity contribution in [2.75, 3.05) is 24.5 Å². The molecule has 1 aliphatic heterocycles. The summed E-state index contributed by atoms with van der Waals surface area (Å²) in [4.78, 5) is 2.55. The maximum Gasteiger partial charge on any atom is 0.0412 e. The van der Waals surface area contributed by atoms with Gasteiger partial charge in [0.25, 0.3) is 0 Å². The van der Waals surface area contributed by atoms with Gasteiger partial charge in [0, 0.05) is 25.3 Å². The zero-order chi connectivity index (χ0) is 13.9. The molecular formula is C17H28N2. The minimum absolute atomic E-state index is 0.457. The van der Waals surface area contributed by atoms with E-state index in [9.17, 15) is 0 Å². The van der Waals surface area contributed by atoms with Crippen molar-refractivity contribution in [1.29, 1.82) is 0 Å². The summed E-state index contributed by atoms with van der Waals surface area (Å²) in [5.41, 5.74) is 3.31. The minimum atomic E-state index is 0.457. The normalized spacial score (nSPS) is 18.3. The average molecular weight is 260 g/mol. The summed E-state index contributed by atoms with van der Waals surface area (Å²) in [5.74, 6) is 0.706. The Morgan fingerprint density at radius 2 is 2.00 bits per heavy atom. The lowest BCUT2D eigenvalue weighted by atomic mass is 9.93. The summed E-state index contributed by atoms with van der Waals surface area (Å²) in [7, 11) is 0. The predicted molar refractivity (Wildman–Crippen MR) is 83.6 cm³/mol. The van der Waals surface area contributed by atoms with E-state index in [0.29, 0.717) is 11.3 Å². The second kappa shape index (κ2) is 5.96. The van der Waals surface area contributed by atoms with Gasteiger partial charge >= 0.3 is 0 Å². The Bertz CT molecular complexity index is 409. The van der Waals surface area contributed by atoms with E-state index in [0.717, 1.165) is 13.1 Å². The molecule has 1 heterocycles. The van der Waals surface area contributed by atoms with E-state index in [-0.39, 0.29) is 0 Å². The van der Waals surface area contributed by atoms with Gasteiger partial charge in [-0.25, -0.2) is 0 Å². The number of anilines is 1. The van der Waals surface area contributed by atoms with Gasteiger partial charge in [-0.3, -0.25) is 0 Å². The van der Waals surface area contributed by atoms with Gasteiger partial charge in [-0.1, -0.05) is 45.9 Å². The van der Waals surface area contributed by atoms with Gasteiger partial charge in [-0.15, -0.1) is 0 Å². The van der Waals surface area contributed by atoms with E-state index >= 15 is 0 Å². The van der Waals surface area contributed by atoms with Crippen LogP contribution in [-0.4, -0.2) is 19.6 Å². The summed E-state index contributed by atoms with van der Waals surface area (Å²) < 4.78 is 0. The topological polar surface area (TPSA) is 15.3 Å². The van der Waals surface area contributed by atoms with Crippen LogP contribution < -0.4 is 10.2 Å². The Kier molecular flexibility index (Phi) is 4.51. The molecule has 0 radical (unpaired) electrons. The third kappa shape index (κ3) is 3.97. The lowest BCUT2D eigenvalue weighted by Gasteiger charge is -2.24. The fourth-order valence-electron chi connectivity index (χ4n) is 2.78. The first kappa shape index (κ1) is 14.4. The zero-order valence-corrected chi connectivity index (χ0v) is 12.9. The van der Waals surface area contributed by atoms with Crippen molar-refractivity contribution in [3.8, 4) is 0 Å². The van der Waals surface area contributed by atoms with Crippen LogP contribution in [0.25, 0.3) is 0 Å². The largest absolute Gasteiger partial charge is 0.371 e. The molecule has 0 saturated carbocycles. The molecule has 0 amide bonds. The maximum absolute atomic E-state index is 3.56. The number of para-hydroxylation sites is 1. The van der Waals surface area contributed by atoms with E-state index in [2.05, 4.69) is 62.2 Å². The van der Waals surface area contributed by atoms with Crippen LogP contribution in [0.1, 0.15) is 39.7 Å². The molecule has 0 aromatic heterocycles. The van der Waals surface area contributed by atoms with Crippen molar-refractivity contribution in [3.05, 3.63) is 29.8 Å². The molecule has 2 nitrogen and oxygen atoms in total. The molecule has 0 spiro atoms. The van der Waals surface area contributed by atoms with Gasteiger partial charge in [0.1, 0.15) is 0 Å². The summed E-state index contributed by atoms with van der Waals surface area (Å²) in [6.45, 7) is 13.7. The summed E-state index contributed by atoms with van der Waals surface area (Å²) in [5, 5.41) is 3.56. The first-order valence-corrected chi connectivity index (χ1v) is 7.51. The molecule has 2 heteroatoms. The van der Waals surface area contributed by atoms with Crippen LogP contribution in [0.2, 0.25) is 0 Å². The van der Waals surface area contributed by atoms with Crippen LogP contribution in [-0.2, 0) is 6.54 Å². The first-order chi connectivity index (χ1) is 8.98. The highest BCUT2D eigenvalue weighted by atomic mass is 15.2. The molecule has 2 rings (SSSR count). The molecule has 0 bridgehead atoms. The van der Waals surface area contributed by atoms with Gasteiger partial charge in [-0.05, 0) is 35.9 Å². The van der Waals surface area contributed by atoms with E-state index < -0.39 is 0 Å². The van der Waals surface area contributed by atoms with Crippen LogP contribution in [0.4, 0.5) is 5.69 Å². The fraction of sp³-hybridized carbons (Fsp3) is 0.647. The standard InChI is InChI=1S/C17H28N2/c1-14(2)11-18-12-15-7-5-6-8-16(15)19-10-9-17(3,4)13-19/h5-8,14,18H,9-13H2,1-4H3. The van der Waals surface area contributed by atoms with Gasteiger partial charge in [-0.2, -0.15) is 0 Å². The Hall–Kier alpha value is -1.02. The maximum atomic E-state index is 3.56. The minimum Gasteiger partial charge on any atom is -0.371 e. The SMILES string of the molecule is CC(C)CNCc1ccccc1N1CCC(C)(C)C1. The molecule has 106 valence electrons. The van der Waals surface area contributed by atoms with E-state index in [1.165, 1.54) is 30.8 Å². The fourth-order valence-corrected chi connectivity index (χ4v) is 2.78. The third-order valence-electron chi connectivity index (χ3n) is 3.88. The van der Waals surface area contributed by atoms with Crippen LogP contribution in [0.5, 0.6) is 0 Å². The smallest absolute Gasteiger partial charge is 0.0412 e. The van der Waals surface area contributed by atoms with Crippen molar-refractivity contribution in [2.24, 2.45) is 11.3 Å². The molecule has 1 aliphatic rings. The van der Waals surface area contributed by atoms with E-state index in [1.54, 1.807) is 0 Å². The highest BCUT2D eigenvalue weighted by Gasteiger charge is 2.29. The lowest BCUT2D eigenvalue weighted by Crippen LogP contribution is -2.25. The number of nitrogens with one attached hydrogen (secondary N) is 1. The van der Waals surface area contributed by atoms with E-state index in [4.69, 9.17) is 0 Å². The summed E-state index contributed by atoms with van der Waals surface area (Å²) >= 11 is 0. The van der Waals surface area contributed by atoms with Gasteiger partial charge < -0.3 is 10.2 Å². The highest BCUT2D eigenvalue weighted by molar-refractivity contribution is 5.54. The third-order valence-corrected chi connectivity index (χ3v) is 3.88. The summed E-state index contributed by atoms with van der Waals surface area (Å²) in [6.07, 6.45) is 1.29. The predicted octanol–water partition coefficient (Wildman–Crippen LogP) is 3.67. The molecule has 1 aromatic rings. The van der Waals surface area contributed by atoms with Crippen molar-refractivity contribution < 1.29 is 0 Å². The lowest BCUT2D eigenvalue weighted by molar-refractivity contribution is 0.418. The molecule has 0 unspecified atom stereocenters. The quantitative estimate of drug-likeness (QED) is 0.869. The molecule has 0 atom stereocenters. The van der Waals surface area contributed by atoms with Crippen LogP contribution in [0.3, 0.4) is 0 Å². The average Bonchev–Trinajstić information content (AvgIpc) is 2.70. The Labute approximate surface area is 118 Å². The van der Waals surface area contributed by atoms with Crippen LogP contribution in [0.15, 0.2) is 24.3 Å². The molecule has 1 N–H and O–H groups in total.